The summed E-state index contributed by atoms with van der Waals surface area (Å²) in [5.74, 6) is 3.49. The zero-order chi connectivity index (χ0) is 41.6. The van der Waals surface area contributed by atoms with Gasteiger partial charge in [-0.2, -0.15) is 0 Å². The lowest BCUT2D eigenvalue weighted by molar-refractivity contribution is -0.138. The van der Waals surface area contributed by atoms with Crippen molar-refractivity contribution in [3.05, 3.63) is 83.4 Å². The number of methoxy groups -OCH3 is 2. The lowest BCUT2D eigenvalue weighted by atomic mass is 10.2. The molecule has 0 saturated carbocycles. The minimum atomic E-state index is -0.369. The maximum Gasteiger partial charge on any atom is 0.330 e. The van der Waals surface area contributed by atoms with Crippen LogP contribution in [-0.2, 0) is 24.4 Å². The van der Waals surface area contributed by atoms with E-state index in [4.69, 9.17) is 37.9 Å². The quantitative estimate of drug-likeness (QED) is 0.0268. The van der Waals surface area contributed by atoms with Crippen molar-refractivity contribution in [2.24, 2.45) is 0 Å². The van der Waals surface area contributed by atoms with E-state index in [1.165, 1.54) is 12.2 Å². The number of ether oxygens (including phenoxy) is 8. The molecule has 0 bridgehead atoms. The van der Waals surface area contributed by atoms with Gasteiger partial charge in [-0.15, -0.1) is 0 Å². The molecule has 0 amide bonds. The molecule has 0 aromatic heterocycles. The number of hydrogen-bond acceptors (Lipinski definition) is 10. The Morgan fingerprint density at radius 2 is 0.914 bits per heavy atom. The highest BCUT2D eigenvalue weighted by molar-refractivity contribution is 9.08. The predicted molar refractivity (Wildman–Crippen MR) is 234 cm³/mol. The van der Waals surface area contributed by atoms with Crippen LogP contribution in [0.3, 0.4) is 0 Å². The van der Waals surface area contributed by atoms with E-state index < -0.39 is 0 Å². The van der Waals surface area contributed by atoms with Gasteiger partial charge < -0.3 is 37.9 Å². The van der Waals surface area contributed by atoms with Crippen LogP contribution in [-0.4, -0.2) is 65.8 Å². The molecule has 0 saturated heterocycles. The summed E-state index contributed by atoms with van der Waals surface area (Å²) in [4.78, 5) is 24.4. The number of esters is 2. The molecular weight excluding hydrogens is 804 g/mol. The van der Waals surface area contributed by atoms with Crippen LogP contribution in [0.25, 0.3) is 12.2 Å². The van der Waals surface area contributed by atoms with Crippen LogP contribution in [0, 0.1) is 0 Å². The number of carbonyl (C=O) groups is 2. The maximum atomic E-state index is 12.2. The normalized spacial score (nSPS) is 11.1. The summed E-state index contributed by atoms with van der Waals surface area (Å²) in [5, 5.41) is 0.700. The highest BCUT2D eigenvalue weighted by atomic mass is 79.9. The number of hydrogen-bond donors (Lipinski definition) is 0. The number of rotatable bonds is 31. The van der Waals surface area contributed by atoms with Gasteiger partial charge in [-0.05, 0) is 129 Å². The minimum absolute atomic E-state index is 0.369. The Hall–Kier alpha value is -4.64. The Morgan fingerprint density at radius 3 is 1.31 bits per heavy atom. The van der Waals surface area contributed by atoms with Gasteiger partial charge in [-0.25, -0.2) is 9.59 Å². The first kappa shape index (κ1) is 47.7. The second-order valence-electron chi connectivity index (χ2n) is 13.7. The van der Waals surface area contributed by atoms with Crippen molar-refractivity contribution in [1.29, 1.82) is 0 Å². The van der Waals surface area contributed by atoms with E-state index in [1.54, 1.807) is 26.4 Å². The number of benzene rings is 3. The summed E-state index contributed by atoms with van der Waals surface area (Å²) in [6, 6.07) is 17.2. The molecule has 0 aliphatic rings. The third-order valence-corrected chi connectivity index (χ3v) is 9.56. The van der Waals surface area contributed by atoms with E-state index >= 15 is 0 Å². The highest BCUT2D eigenvalue weighted by Crippen LogP contribution is 2.30. The summed E-state index contributed by atoms with van der Waals surface area (Å²) >= 11 is 3.55. The molecule has 0 atom stereocenters. The van der Waals surface area contributed by atoms with Gasteiger partial charge in [0, 0.05) is 23.5 Å². The Balaban J connectivity index is 1.23. The van der Waals surface area contributed by atoms with E-state index in [0.29, 0.717) is 68.0 Å². The summed E-state index contributed by atoms with van der Waals surface area (Å²) < 4.78 is 45.3. The average molecular weight is 868 g/mol. The number of alkyl halides is 1. The highest BCUT2D eigenvalue weighted by Gasteiger charge is 2.08. The van der Waals surface area contributed by atoms with Crippen molar-refractivity contribution in [1.82, 2.24) is 0 Å². The van der Waals surface area contributed by atoms with Crippen LogP contribution in [0.2, 0.25) is 0 Å². The predicted octanol–water partition coefficient (Wildman–Crippen LogP) is 11.3. The zero-order valence-corrected chi connectivity index (χ0v) is 36.5. The lowest BCUT2D eigenvalue weighted by Crippen LogP contribution is -2.03. The zero-order valence-electron chi connectivity index (χ0n) is 34.9. The van der Waals surface area contributed by atoms with Crippen molar-refractivity contribution < 1.29 is 47.5 Å². The fraction of sp³-hybridized carbons (Fsp3) is 0.489. The first-order valence-electron chi connectivity index (χ1n) is 20.7. The van der Waals surface area contributed by atoms with Crippen molar-refractivity contribution in [2.45, 2.75) is 96.2 Å². The third kappa shape index (κ3) is 19.7. The molecule has 11 heteroatoms. The van der Waals surface area contributed by atoms with E-state index in [0.717, 1.165) is 105 Å². The minimum Gasteiger partial charge on any atom is -0.493 e. The van der Waals surface area contributed by atoms with Gasteiger partial charge in [0.15, 0.2) is 23.0 Å². The van der Waals surface area contributed by atoms with Crippen molar-refractivity contribution in [3.8, 4) is 34.5 Å². The summed E-state index contributed by atoms with van der Waals surface area (Å²) in [6.45, 7) is 7.45. The van der Waals surface area contributed by atoms with Gasteiger partial charge in [0.25, 0.3) is 0 Å². The molecule has 0 radical (unpaired) electrons. The van der Waals surface area contributed by atoms with Crippen molar-refractivity contribution in [3.63, 3.8) is 0 Å². The molecule has 3 aromatic carbocycles. The fourth-order valence-electron chi connectivity index (χ4n) is 5.61. The molecule has 0 spiro atoms. The molecule has 10 nitrogen and oxygen atoms in total. The molecule has 3 aromatic rings. The third-order valence-electron chi connectivity index (χ3n) is 8.91. The van der Waals surface area contributed by atoms with E-state index in [1.807, 2.05) is 54.6 Å². The molecule has 0 unspecified atom stereocenters. The SMILES string of the molecule is CCCCOc1ccc(/C=C/C(=O)OCCCCCCOc2cc(CBr)cc(OCCCCCCOC(=O)/C=C/c3ccc(OCCCC)c(OC)c3)c2)cc1OC. The second-order valence-corrected chi connectivity index (χ2v) is 14.3. The van der Waals surface area contributed by atoms with Gasteiger partial charge in [0.2, 0.25) is 0 Å². The fourth-order valence-corrected chi connectivity index (χ4v) is 5.93. The topological polar surface area (TPSA) is 108 Å². The molecule has 0 aliphatic heterocycles. The second kappa shape index (κ2) is 29.6. The van der Waals surface area contributed by atoms with Gasteiger partial charge in [-0.3, -0.25) is 0 Å². The Morgan fingerprint density at radius 1 is 0.500 bits per heavy atom. The van der Waals surface area contributed by atoms with Gasteiger partial charge in [-0.1, -0.05) is 54.8 Å². The Labute approximate surface area is 354 Å². The van der Waals surface area contributed by atoms with Crippen molar-refractivity contribution >= 4 is 40.0 Å². The number of halogens is 1. The molecule has 3 rings (SSSR count). The lowest BCUT2D eigenvalue weighted by Gasteiger charge is -2.12. The largest absolute Gasteiger partial charge is 0.493 e. The van der Waals surface area contributed by atoms with Gasteiger partial charge in [0.1, 0.15) is 11.5 Å². The Bertz CT molecular complexity index is 1570. The summed E-state index contributed by atoms with van der Waals surface area (Å²) in [5.41, 5.74) is 2.75. The molecule has 318 valence electrons. The van der Waals surface area contributed by atoms with E-state index in [-0.39, 0.29) is 11.9 Å². The standard InChI is InChI=1S/C47H63BrO10/c1-5-7-25-55-42-21-17-37(33-44(42)51-3)19-23-46(49)57-29-15-11-9-13-27-53-40-31-39(36-48)32-41(35-40)54-28-14-10-12-16-30-58-47(50)24-20-38-18-22-43(45(34-38)52-4)56-26-8-6-2/h17-24,31-35H,5-16,25-30,36H2,1-4H3/b23-19+,24-20+. The number of carbonyl (C=O) groups excluding carboxylic acids is 2. The first-order chi connectivity index (χ1) is 28.4. The number of unbranched alkanes of at least 4 members (excludes halogenated alkanes) is 8. The van der Waals surface area contributed by atoms with Crippen LogP contribution in [0.1, 0.15) is 108 Å². The molecule has 58 heavy (non-hydrogen) atoms. The average Bonchev–Trinajstić information content (AvgIpc) is 3.24. The first-order valence-corrected chi connectivity index (χ1v) is 21.8. The summed E-state index contributed by atoms with van der Waals surface area (Å²) in [6.07, 6.45) is 17.6. The smallest absolute Gasteiger partial charge is 0.330 e. The van der Waals surface area contributed by atoms with Crippen LogP contribution >= 0.6 is 15.9 Å². The maximum absolute atomic E-state index is 12.2. The van der Waals surface area contributed by atoms with E-state index in [2.05, 4.69) is 29.8 Å². The molecule has 0 heterocycles. The molecule has 0 aliphatic carbocycles. The molecule has 0 fully saturated rings. The van der Waals surface area contributed by atoms with Crippen LogP contribution in [0.4, 0.5) is 0 Å². The Kier molecular flexibility index (Phi) is 24.3. The molecule has 0 N–H and O–H groups in total. The monoisotopic (exact) mass is 866 g/mol. The van der Waals surface area contributed by atoms with Crippen LogP contribution in [0.5, 0.6) is 34.5 Å². The van der Waals surface area contributed by atoms with Gasteiger partial charge in [0.05, 0.1) is 53.9 Å². The molecular formula is C47H63BrO10. The van der Waals surface area contributed by atoms with Crippen LogP contribution < -0.4 is 28.4 Å². The van der Waals surface area contributed by atoms with Crippen LogP contribution in [0.15, 0.2) is 66.7 Å². The van der Waals surface area contributed by atoms with E-state index in [9.17, 15) is 9.59 Å². The van der Waals surface area contributed by atoms with Gasteiger partial charge >= 0.3 is 11.9 Å². The summed E-state index contributed by atoms with van der Waals surface area (Å²) in [7, 11) is 3.21. The van der Waals surface area contributed by atoms with Crippen molar-refractivity contribution in [2.75, 3.05) is 53.9 Å².